The SMILES string of the molecule is COC(=O)[C@@](C)(CC(C)C)NC(=O)c1ccc2c(c1)OCO2. The largest absolute Gasteiger partial charge is 0.467 e. The van der Waals surface area contributed by atoms with Gasteiger partial charge in [-0.1, -0.05) is 13.8 Å². The van der Waals surface area contributed by atoms with Gasteiger partial charge in [0.25, 0.3) is 5.91 Å². The first-order chi connectivity index (χ1) is 10.4. The normalized spacial score (nSPS) is 15.3. The number of amides is 1. The van der Waals surface area contributed by atoms with Crippen LogP contribution in [0.25, 0.3) is 0 Å². The van der Waals surface area contributed by atoms with Crippen LogP contribution < -0.4 is 14.8 Å². The molecule has 0 aromatic heterocycles. The summed E-state index contributed by atoms with van der Waals surface area (Å²) in [6.07, 6.45) is 0.482. The number of carbonyl (C=O) groups excluding carboxylic acids is 2. The van der Waals surface area contributed by atoms with E-state index < -0.39 is 11.5 Å². The molecule has 1 aliphatic heterocycles. The van der Waals surface area contributed by atoms with E-state index in [1.165, 1.54) is 7.11 Å². The maximum absolute atomic E-state index is 12.4. The van der Waals surface area contributed by atoms with E-state index in [0.29, 0.717) is 23.5 Å². The molecule has 6 heteroatoms. The molecule has 0 fully saturated rings. The van der Waals surface area contributed by atoms with E-state index >= 15 is 0 Å². The molecule has 0 saturated heterocycles. The van der Waals surface area contributed by atoms with Gasteiger partial charge in [-0.3, -0.25) is 4.79 Å². The van der Waals surface area contributed by atoms with Crippen molar-refractivity contribution in [3.8, 4) is 11.5 Å². The van der Waals surface area contributed by atoms with Crippen molar-refractivity contribution >= 4 is 11.9 Å². The third kappa shape index (κ3) is 3.32. The number of hydrogen-bond acceptors (Lipinski definition) is 5. The lowest BCUT2D eigenvalue weighted by Crippen LogP contribution is -2.53. The Labute approximate surface area is 129 Å². The van der Waals surface area contributed by atoms with E-state index in [-0.39, 0.29) is 18.6 Å². The van der Waals surface area contributed by atoms with Crippen molar-refractivity contribution in [3.63, 3.8) is 0 Å². The summed E-state index contributed by atoms with van der Waals surface area (Å²) in [5, 5.41) is 2.77. The van der Waals surface area contributed by atoms with Gasteiger partial charge in [-0.25, -0.2) is 4.79 Å². The first-order valence-electron chi connectivity index (χ1n) is 7.16. The van der Waals surface area contributed by atoms with Crippen LogP contribution in [0.2, 0.25) is 0 Å². The van der Waals surface area contributed by atoms with Gasteiger partial charge in [0.05, 0.1) is 7.11 Å². The minimum absolute atomic E-state index is 0.146. The quantitative estimate of drug-likeness (QED) is 0.844. The summed E-state index contributed by atoms with van der Waals surface area (Å²) in [7, 11) is 1.31. The van der Waals surface area contributed by atoms with Gasteiger partial charge in [-0.2, -0.15) is 0 Å². The van der Waals surface area contributed by atoms with Crippen molar-refractivity contribution in [2.24, 2.45) is 5.92 Å². The molecule has 1 N–H and O–H groups in total. The smallest absolute Gasteiger partial charge is 0.331 e. The van der Waals surface area contributed by atoms with Crippen molar-refractivity contribution in [1.29, 1.82) is 0 Å². The van der Waals surface area contributed by atoms with Crippen LogP contribution in [-0.2, 0) is 9.53 Å². The Morgan fingerprint density at radius 1 is 1.32 bits per heavy atom. The lowest BCUT2D eigenvalue weighted by atomic mass is 9.90. The van der Waals surface area contributed by atoms with Crippen LogP contribution in [0.5, 0.6) is 11.5 Å². The molecule has 2 rings (SSSR count). The number of carbonyl (C=O) groups is 2. The zero-order valence-corrected chi connectivity index (χ0v) is 13.3. The molecular weight excluding hydrogens is 286 g/mol. The highest BCUT2D eigenvalue weighted by molar-refractivity contribution is 5.98. The maximum atomic E-state index is 12.4. The van der Waals surface area contributed by atoms with Gasteiger partial charge in [-0.15, -0.1) is 0 Å². The van der Waals surface area contributed by atoms with Crippen molar-refractivity contribution in [3.05, 3.63) is 23.8 Å². The molecule has 1 heterocycles. The van der Waals surface area contributed by atoms with E-state index in [9.17, 15) is 9.59 Å². The summed E-state index contributed by atoms with van der Waals surface area (Å²) in [5.41, 5.74) is -0.667. The first kappa shape index (κ1) is 16.1. The van der Waals surface area contributed by atoms with Gasteiger partial charge in [0.15, 0.2) is 11.5 Å². The number of hydrogen-bond donors (Lipinski definition) is 1. The van der Waals surface area contributed by atoms with Crippen LogP contribution >= 0.6 is 0 Å². The van der Waals surface area contributed by atoms with Gasteiger partial charge in [0.2, 0.25) is 6.79 Å². The Kier molecular flexibility index (Phi) is 4.59. The summed E-state index contributed by atoms with van der Waals surface area (Å²) in [6.45, 7) is 5.78. The molecule has 0 saturated carbocycles. The van der Waals surface area contributed by atoms with Gasteiger partial charge in [0, 0.05) is 5.56 Å². The Hall–Kier alpha value is -2.24. The lowest BCUT2D eigenvalue weighted by molar-refractivity contribution is -0.148. The molecule has 1 aromatic rings. The molecule has 1 atom stereocenters. The second-order valence-corrected chi connectivity index (χ2v) is 5.94. The number of nitrogens with one attached hydrogen (secondary N) is 1. The van der Waals surface area contributed by atoms with Crippen molar-refractivity contribution in [2.75, 3.05) is 13.9 Å². The highest BCUT2D eigenvalue weighted by Gasteiger charge is 2.37. The first-order valence-corrected chi connectivity index (χ1v) is 7.16. The molecule has 1 aromatic carbocycles. The van der Waals surface area contributed by atoms with E-state index in [1.807, 2.05) is 13.8 Å². The van der Waals surface area contributed by atoms with Gasteiger partial charge in [0.1, 0.15) is 5.54 Å². The van der Waals surface area contributed by atoms with Crippen LogP contribution in [0, 0.1) is 5.92 Å². The summed E-state index contributed by atoms with van der Waals surface area (Å²) < 4.78 is 15.3. The predicted octanol–water partition coefficient (Wildman–Crippen LogP) is 2.12. The Bertz CT molecular complexity index is 584. The second-order valence-electron chi connectivity index (χ2n) is 5.94. The minimum Gasteiger partial charge on any atom is -0.467 e. The zero-order valence-electron chi connectivity index (χ0n) is 13.3. The number of fused-ring (bicyclic) bond motifs is 1. The average molecular weight is 307 g/mol. The fourth-order valence-corrected chi connectivity index (χ4v) is 2.59. The van der Waals surface area contributed by atoms with Gasteiger partial charge >= 0.3 is 5.97 Å². The molecular formula is C16H21NO5. The summed E-state index contributed by atoms with van der Waals surface area (Å²) >= 11 is 0. The average Bonchev–Trinajstić information content (AvgIpc) is 2.92. The highest BCUT2D eigenvalue weighted by atomic mass is 16.7. The Morgan fingerprint density at radius 2 is 2.00 bits per heavy atom. The van der Waals surface area contributed by atoms with Crippen LogP contribution in [-0.4, -0.2) is 31.3 Å². The predicted molar refractivity (Wildman–Crippen MR) is 79.9 cm³/mol. The van der Waals surface area contributed by atoms with E-state index in [0.717, 1.165) is 0 Å². The molecule has 0 bridgehead atoms. The highest BCUT2D eigenvalue weighted by Crippen LogP contribution is 2.32. The molecule has 0 radical (unpaired) electrons. The molecule has 1 aliphatic rings. The van der Waals surface area contributed by atoms with E-state index in [1.54, 1.807) is 25.1 Å². The maximum Gasteiger partial charge on any atom is 0.331 e. The second kappa shape index (κ2) is 6.25. The number of methoxy groups -OCH3 is 1. The molecule has 0 unspecified atom stereocenters. The lowest BCUT2D eigenvalue weighted by Gasteiger charge is -2.29. The van der Waals surface area contributed by atoms with Crippen molar-refractivity contribution in [2.45, 2.75) is 32.7 Å². The van der Waals surface area contributed by atoms with Crippen LogP contribution in [0.3, 0.4) is 0 Å². The standard InChI is InChI=1S/C16H21NO5/c1-10(2)8-16(3,15(19)20-4)17-14(18)11-5-6-12-13(7-11)22-9-21-12/h5-7,10H,8-9H2,1-4H3,(H,17,18)/t16-/m1/s1. The van der Waals surface area contributed by atoms with Crippen molar-refractivity contribution < 1.29 is 23.8 Å². The molecule has 120 valence electrons. The molecule has 0 aliphatic carbocycles. The fraction of sp³-hybridized carbons (Fsp3) is 0.500. The van der Waals surface area contributed by atoms with E-state index in [4.69, 9.17) is 14.2 Å². The number of esters is 1. The summed E-state index contributed by atoms with van der Waals surface area (Å²) in [6, 6.07) is 4.91. The summed E-state index contributed by atoms with van der Waals surface area (Å²) in [4.78, 5) is 24.5. The van der Waals surface area contributed by atoms with Gasteiger partial charge in [-0.05, 0) is 37.5 Å². The number of rotatable bonds is 5. The van der Waals surface area contributed by atoms with Crippen LogP contribution in [0.1, 0.15) is 37.6 Å². The zero-order chi connectivity index (χ0) is 16.3. The van der Waals surface area contributed by atoms with Crippen LogP contribution in [0.15, 0.2) is 18.2 Å². The molecule has 1 amide bonds. The fourth-order valence-electron chi connectivity index (χ4n) is 2.59. The number of benzene rings is 1. The topological polar surface area (TPSA) is 73.9 Å². The number of ether oxygens (including phenoxy) is 3. The Balaban J connectivity index is 2.19. The van der Waals surface area contributed by atoms with Crippen molar-refractivity contribution in [1.82, 2.24) is 5.32 Å². The third-order valence-electron chi connectivity index (χ3n) is 3.48. The third-order valence-corrected chi connectivity index (χ3v) is 3.48. The molecule has 22 heavy (non-hydrogen) atoms. The van der Waals surface area contributed by atoms with E-state index in [2.05, 4.69) is 5.32 Å². The minimum atomic E-state index is -1.07. The summed E-state index contributed by atoms with van der Waals surface area (Å²) in [5.74, 6) is 0.536. The Morgan fingerprint density at radius 3 is 2.64 bits per heavy atom. The molecule has 0 spiro atoms. The monoisotopic (exact) mass is 307 g/mol. The van der Waals surface area contributed by atoms with Gasteiger partial charge < -0.3 is 19.5 Å². The van der Waals surface area contributed by atoms with Crippen LogP contribution in [0.4, 0.5) is 0 Å². The molecule has 6 nitrogen and oxygen atoms in total.